The Morgan fingerprint density at radius 2 is 1.61 bits per heavy atom. The Morgan fingerprint density at radius 1 is 1.11 bits per heavy atom. The molecule has 4 heteroatoms. The van der Waals surface area contributed by atoms with Gasteiger partial charge in [-0.2, -0.15) is 5.26 Å². The highest BCUT2D eigenvalue weighted by molar-refractivity contribution is 7.91. The van der Waals surface area contributed by atoms with Crippen LogP contribution in [0, 0.1) is 11.3 Å². The summed E-state index contributed by atoms with van der Waals surface area (Å²) in [6.07, 6.45) is 0.889. The van der Waals surface area contributed by atoms with Gasteiger partial charge in [0.1, 0.15) is 9.84 Å². The number of sulfone groups is 1. The fourth-order valence-electron chi connectivity index (χ4n) is 1.29. The summed E-state index contributed by atoms with van der Waals surface area (Å²) in [5.41, 5.74) is 1.12. The van der Waals surface area contributed by atoms with Crippen molar-refractivity contribution in [1.29, 1.82) is 5.26 Å². The average Bonchev–Trinajstić information content (AvgIpc) is 2.42. The lowest BCUT2D eigenvalue weighted by molar-refractivity contribution is 0.598. The van der Waals surface area contributed by atoms with E-state index in [0.717, 1.165) is 12.0 Å². The normalized spacial score (nSPS) is 11.9. The number of hydrogen-bond donors (Lipinski definition) is 0. The van der Waals surface area contributed by atoms with Crippen molar-refractivity contribution in [3.8, 4) is 6.07 Å². The largest absolute Gasteiger partial charge is 0.229 e. The zero-order valence-corrected chi connectivity index (χ0v) is 12.1. The molecule has 1 rings (SSSR count). The summed E-state index contributed by atoms with van der Waals surface area (Å²) in [4.78, 5) is 0. The predicted octanol–water partition coefficient (Wildman–Crippen LogP) is 3.14. The minimum atomic E-state index is -2.66. The van der Waals surface area contributed by atoms with E-state index in [1.807, 2.05) is 37.3 Å². The summed E-state index contributed by atoms with van der Waals surface area (Å²) in [6.45, 7) is 5.33. The fourth-order valence-corrected chi connectivity index (χ4v) is 1.70. The molecule has 0 aliphatic carbocycles. The summed E-state index contributed by atoms with van der Waals surface area (Å²) in [5, 5.41) is 8.73. The Labute approximate surface area is 110 Å². The van der Waals surface area contributed by atoms with Gasteiger partial charge in [-0.05, 0) is 12.0 Å². The topological polar surface area (TPSA) is 57.9 Å². The van der Waals surface area contributed by atoms with Gasteiger partial charge in [-0.15, -0.1) is 0 Å². The van der Waals surface area contributed by atoms with Crippen LogP contribution in [0.25, 0.3) is 0 Å². The quantitative estimate of drug-likeness (QED) is 0.842. The summed E-state index contributed by atoms with van der Waals surface area (Å²) in [5.74, 6) is 0.601. The molecule has 1 aromatic carbocycles. The standard InChI is InChI=1S/C10H11N.C4H10O2S/c1-2-9(8-11)10-6-4-3-5-7-10;1-3-7(5,6)4-2/h3-7,9H,2H2,1H3;3-4H2,1-2H3. The van der Waals surface area contributed by atoms with Crippen molar-refractivity contribution >= 4 is 9.84 Å². The number of rotatable bonds is 4. The van der Waals surface area contributed by atoms with Crippen LogP contribution in [0.5, 0.6) is 0 Å². The van der Waals surface area contributed by atoms with Crippen LogP contribution in [0.3, 0.4) is 0 Å². The maximum absolute atomic E-state index is 10.4. The van der Waals surface area contributed by atoms with E-state index in [1.54, 1.807) is 13.8 Å². The molecular weight excluding hydrogens is 246 g/mol. The van der Waals surface area contributed by atoms with Gasteiger partial charge in [0.15, 0.2) is 0 Å². The molecule has 0 radical (unpaired) electrons. The van der Waals surface area contributed by atoms with Crippen molar-refractivity contribution in [2.75, 3.05) is 11.5 Å². The first-order valence-electron chi connectivity index (χ1n) is 6.15. The van der Waals surface area contributed by atoms with Gasteiger partial charge in [0.25, 0.3) is 0 Å². The average molecular weight is 267 g/mol. The monoisotopic (exact) mass is 267 g/mol. The number of benzene rings is 1. The molecule has 0 bridgehead atoms. The third kappa shape index (κ3) is 6.41. The van der Waals surface area contributed by atoms with E-state index in [1.165, 1.54) is 0 Å². The van der Waals surface area contributed by atoms with Crippen molar-refractivity contribution in [2.24, 2.45) is 0 Å². The molecule has 0 saturated heterocycles. The highest BCUT2D eigenvalue weighted by Crippen LogP contribution is 2.16. The van der Waals surface area contributed by atoms with Crippen LogP contribution >= 0.6 is 0 Å². The van der Waals surface area contributed by atoms with Crippen LogP contribution in [0.2, 0.25) is 0 Å². The van der Waals surface area contributed by atoms with Crippen molar-refractivity contribution < 1.29 is 8.42 Å². The molecule has 0 saturated carbocycles. The molecule has 0 spiro atoms. The Kier molecular flexibility index (Phi) is 8.06. The maximum atomic E-state index is 10.4. The van der Waals surface area contributed by atoms with Crippen molar-refractivity contribution in [3.05, 3.63) is 35.9 Å². The SMILES string of the molecule is CCC(C#N)c1ccccc1.CCS(=O)(=O)CC. The van der Waals surface area contributed by atoms with Gasteiger partial charge >= 0.3 is 0 Å². The van der Waals surface area contributed by atoms with Crippen LogP contribution in [-0.2, 0) is 9.84 Å². The fraction of sp³-hybridized carbons (Fsp3) is 0.500. The van der Waals surface area contributed by atoms with E-state index in [2.05, 4.69) is 6.07 Å². The first-order valence-corrected chi connectivity index (χ1v) is 7.97. The predicted molar refractivity (Wildman–Crippen MR) is 75.1 cm³/mol. The van der Waals surface area contributed by atoms with Crippen molar-refractivity contribution in [2.45, 2.75) is 33.1 Å². The highest BCUT2D eigenvalue weighted by atomic mass is 32.2. The van der Waals surface area contributed by atoms with Gasteiger partial charge in [-0.3, -0.25) is 0 Å². The number of hydrogen-bond acceptors (Lipinski definition) is 3. The van der Waals surface area contributed by atoms with Gasteiger partial charge in [-0.1, -0.05) is 51.1 Å². The molecular formula is C14H21NO2S. The second kappa shape index (κ2) is 8.71. The van der Waals surface area contributed by atoms with Crippen molar-refractivity contribution in [3.63, 3.8) is 0 Å². The minimum absolute atomic E-state index is 0.0659. The van der Waals surface area contributed by atoms with Crippen LogP contribution in [0.15, 0.2) is 30.3 Å². The summed E-state index contributed by atoms with van der Waals surface area (Å²) in [7, 11) is -2.66. The minimum Gasteiger partial charge on any atom is -0.229 e. The molecule has 0 aliphatic heterocycles. The van der Waals surface area contributed by atoms with E-state index in [9.17, 15) is 8.42 Å². The Balaban J connectivity index is 0.000000360. The zero-order valence-electron chi connectivity index (χ0n) is 11.3. The van der Waals surface area contributed by atoms with Crippen LogP contribution < -0.4 is 0 Å². The van der Waals surface area contributed by atoms with E-state index in [-0.39, 0.29) is 17.4 Å². The number of nitrogens with zero attached hydrogens (tertiary/aromatic N) is 1. The first-order chi connectivity index (χ1) is 8.50. The lowest BCUT2D eigenvalue weighted by Gasteiger charge is -2.03. The van der Waals surface area contributed by atoms with Gasteiger partial charge in [0.2, 0.25) is 0 Å². The molecule has 0 heterocycles. The summed E-state index contributed by atoms with van der Waals surface area (Å²) >= 11 is 0. The smallest absolute Gasteiger partial charge is 0.149 e. The van der Waals surface area contributed by atoms with Crippen LogP contribution in [0.1, 0.15) is 38.7 Å². The summed E-state index contributed by atoms with van der Waals surface area (Å²) in [6, 6.07) is 12.2. The maximum Gasteiger partial charge on any atom is 0.149 e. The second-order valence-electron chi connectivity index (χ2n) is 3.82. The van der Waals surface area contributed by atoms with Gasteiger partial charge in [-0.25, -0.2) is 8.42 Å². The molecule has 1 unspecified atom stereocenters. The lowest BCUT2D eigenvalue weighted by Crippen LogP contribution is -2.04. The van der Waals surface area contributed by atoms with E-state index in [0.29, 0.717) is 0 Å². The Hall–Kier alpha value is -1.34. The molecule has 1 atom stereocenters. The van der Waals surface area contributed by atoms with Gasteiger partial charge in [0, 0.05) is 11.5 Å². The first kappa shape index (κ1) is 16.7. The molecule has 0 N–H and O–H groups in total. The highest BCUT2D eigenvalue weighted by Gasteiger charge is 2.05. The summed E-state index contributed by atoms with van der Waals surface area (Å²) < 4.78 is 20.7. The Bertz CT molecular complexity index is 450. The van der Waals surface area contributed by atoms with E-state index >= 15 is 0 Å². The molecule has 3 nitrogen and oxygen atoms in total. The third-order valence-corrected chi connectivity index (χ3v) is 4.40. The van der Waals surface area contributed by atoms with E-state index in [4.69, 9.17) is 5.26 Å². The molecule has 0 aliphatic rings. The lowest BCUT2D eigenvalue weighted by atomic mass is 9.99. The van der Waals surface area contributed by atoms with Gasteiger partial charge < -0.3 is 0 Å². The third-order valence-electron chi connectivity index (χ3n) is 2.65. The number of nitriles is 1. The molecule has 0 amide bonds. The molecule has 0 aromatic heterocycles. The Morgan fingerprint density at radius 3 is 1.89 bits per heavy atom. The molecule has 100 valence electrons. The molecule has 1 aromatic rings. The van der Waals surface area contributed by atoms with E-state index < -0.39 is 9.84 Å². The van der Waals surface area contributed by atoms with Gasteiger partial charge in [0.05, 0.1) is 12.0 Å². The zero-order chi connectivity index (χ0) is 14.0. The molecule has 18 heavy (non-hydrogen) atoms. The van der Waals surface area contributed by atoms with Crippen molar-refractivity contribution in [1.82, 2.24) is 0 Å². The van der Waals surface area contributed by atoms with Crippen LogP contribution in [0.4, 0.5) is 0 Å². The van der Waals surface area contributed by atoms with Crippen LogP contribution in [-0.4, -0.2) is 19.9 Å². The second-order valence-corrected chi connectivity index (χ2v) is 6.46. The molecule has 0 fully saturated rings.